The van der Waals surface area contributed by atoms with Crippen molar-refractivity contribution >= 4 is 23.0 Å². The number of amides is 2. The molecule has 222 valence electrons. The fourth-order valence-corrected chi connectivity index (χ4v) is 7.78. The Bertz CT molecular complexity index is 1560. The molecule has 2 bridgehead atoms. The van der Waals surface area contributed by atoms with Gasteiger partial charge in [-0.15, -0.1) is 0 Å². The number of aryl methyl sites for hydroxylation is 1. The Morgan fingerprint density at radius 3 is 2.40 bits per heavy atom. The van der Waals surface area contributed by atoms with Gasteiger partial charge in [0, 0.05) is 19.4 Å². The molecule has 6 fully saturated rings. The van der Waals surface area contributed by atoms with Crippen LogP contribution < -0.4 is 5.32 Å². The summed E-state index contributed by atoms with van der Waals surface area (Å²) < 4.78 is 48.3. The third-order valence-electron chi connectivity index (χ3n) is 10.2. The van der Waals surface area contributed by atoms with E-state index in [9.17, 15) is 22.8 Å². The standard InChI is InChI=1S/C29H32F3N7O3/c1-14-21(38-42-37-14)25(40)35-22(20(15-2-3-15)16-4-5-16)24-34-18-7-6-17(33-23(18)36-24)19-10-29(31,32)8-9-39(19)26(41)27-11-28(30,12-27)13-27/h6-7,15-16,19-20,22H,2-5,8-13H2,1H3,(H,35,40)(H,33,34,36)/t19-,22?,27?,28?/m1/s1. The van der Waals surface area contributed by atoms with Crippen molar-refractivity contribution in [3.8, 4) is 0 Å². The average molecular weight is 584 g/mol. The predicted molar refractivity (Wildman–Crippen MR) is 141 cm³/mol. The molecule has 42 heavy (non-hydrogen) atoms. The fourth-order valence-electron chi connectivity index (χ4n) is 7.78. The van der Waals surface area contributed by atoms with E-state index in [0.29, 0.717) is 40.2 Å². The van der Waals surface area contributed by atoms with Crippen molar-refractivity contribution in [2.75, 3.05) is 6.54 Å². The van der Waals surface area contributed by atoms with Crippen molar-refractivity contribution in [2.45, 2.75) is 88.4 Å². The Morgan fingerprint density at radius 2 is 1.79 bits per heavy atom. The second kappa shape index (κ2) is 8.76. The number of likely N-dealkylation sites (tertiary alicyclic amines) is 1. The molecule has 3 aromatic rings. The van der Waals surface area contributed by atoms with Gasteiger partial charge in [0.15, 0.2) is 11.3 Å². The van der Waals surface area contributed by atoms with Crippen LogP contribution in [-0.2, 0) is 4.79 Å². The first-order valence-corrected chi connectivity index (χ1v) is 14.9. The number of pyridine rings is 1. The molecule has 1 aliphatic heterocycles. The average Bonchev–Trinajstić information content (AvgIpc) is 3.84. The maximum atomic E-state index is 14.7. The van der Waals surface area contributed by atoms with Crippen LogP contribution >= 0.6 is 0 Å². The summed E-state index contributed by atoms with van der Waals surface area (Å²) in [7, 11) is 0. The second-order valence-corrected chi connectivity index (χ2v) is 13.4. The van der Waals surface area contributed by atoms with Crippen LogP contribution in [0.25, 0.3) is 11.2 Å². The molecule has 0 aromatic carbocycles. The highest BCUT2D eigenvalue weighted by atomic mass is 19.3. The Balaban J connectivity index is 1.12. The van der Waals surface area contributed by atoms with Crippen molar-refractivity contribution in [3.05, 3.63) is 35.0 Å². The van der Waals surface area contributed by atoms with E-state index >= 15 is 0 Å². The Hall–Kier alpha value is -3.51. The minimum absolute atomic E-state index is 0.0993. The van der Waals surface area contributed by atoms with E-state index in [2.05, 4.69) is 25.6 Å². The minimum atomic E-state index is -2.94. The number of rotatable bonds is 8. The second-order valence-electron chi connectivity index (χ2n) is 13.4. The lowest BCUT2D eigenvalue weighted by molar-refractivity contribution is -0.227. The first-order valence-electron chi connectivity index (χ1n) is 14.9. The topological polar surface area (TPSA) is 130 Å². The van der Waals surface area contributed by atoms with Crippen molar-refractivity contribution in [1.82, 2.24) is 35.5 Å². The molecule has 5 aliphatic carbocycles. The number of aromatic amines is 1. The number of halogens is 3. The zero-order valence-electron chi connectivity index (χ0n) is 23.2. The summed E-state index contributed by atoms with van der Waals surface area (Å²) in [5.41, 5.74) is -0.236. The molecule has 0 spiro atoms. The van der Waals surface area contributed by atoms with E-state index in [1.807, 2.05) is 0 Å². The molecule has 5 saturated carbocycles. The van der Waals surface area contributed by atoms with E-state index in [4.69, 9.17) is 9.61 Å². The molecule has 4 heterocycles. The van der Waals surface area contributed by atoms with Gasteiger partial charge < -0.3 is 15.2 Å². The number of hydrogen-bond acceptors (Lipinski definition) is 7. The van der Waals surface area contributed by atoms with E-state index in [0.717, 1.165) is 25.7 Å². The van der Waals surface area contributed by atoms with Crippen molar-refractivity contribution in [1.29, 1.82) is 0 Å². The maximum absolute atomic E-state index is 14.7. The number of H-pyrrole nitrogens is 1. The summed E-state index contributed by atoms with van der Waals surface area (Å²) in [6, 6.07) is 2.04. The summed E-state index contributed by atoms with van der Waals surface area (Å²) in [6.07, 6.45) is 3.91. The van der Waals surface area contributed by atoms with E-state index in [1.54, 1.807) is 19.1 Å². The van der Waals surface area contributed by atoms with Gasteiger partial charge in [-0.3, -0.25) is 9.59 Å². The number of nitrogens with zero attached hydrogens (tertiary/aromatic N) is 5. The number of imidazole rings is 1. The van der Waals surface area contributed by atoms with Gasteiger partial charge in [-0.05, 0) is 86.9 Å². The molecule has 10 nitrogen and oxygen atoms in total. The fraction of sp³-hybridized carbons (Fsp3) is 0.655. The highest BCUT2D eigenvalue weighted by molar-refractivity contribution is 5.93. The van der Waals surface area contributed by atoms with Crippen LogP contribution in [0.3, 0.4) is 0 Å². The molecular formula is C29H32F3N7O3. The largest absolute Gasteiger partial charge is 0.340 e. The molecule has 6 aliphatic rings. The zero-order chi connectivity index (χ0) is 29.0. The molecule has 2 amide bonds. The predicted octanol–water partition coefficient (Wildman–Crippen LogP) is 4.75. The Labute approximate surface area is 239 Å². The molecule has 0 radical (unpaired) electrons. The molecule has 2 N–H and O–H groups in total. The molecule has 1 saturated heterocycles. The van der Waals surface area contributed by atoms with Crippen LogP contribution in [0.1, 0.15) is 97.6 Å². The number of carbonyl (C=O) groups excluding carboxylic acids is 2. The van der Waals surface area contributed by atoms with E-state index < -0.39 is 47.8 Å². The molecule has 13 heteroatoms. The summed E-state index contributed by atoms with van der Waals surface area (Å²) in [4.78, 5) is 41.0. The summed E-state index contributed by atoms with van der Waals surface area (Å²) >= 11 is 0. The van der Waals surface area contributed by atoms with Gasteiger partial charge >= 0.3 is 0 Å². The third kappa shape index (κ3) is 4.21. The number of hydrogen-bond donors (Lipinski definition) is 2. The molecule has 3 aromatic heterocycles. The third-order valence-corrected chi connectivity index (χ3v) is 10.2. The van der Waals surface area contributed by atoms with Crippen LogP contribution in [0, 0.1) is 30.1 Å². The summed E-state index contributed by atoms with van der Waals surface area (Å²) in [5.74, 6) is -1.91. The van der Waals surface area contributed by atoms with Gasteiger partial charge in [-0.25, -0.2) is 27.8 Å². The van der Waals surface area contributed by atoms with Crippen LogP contribution in [-0.4, -0.2) is 60.1 Å². The van der Waals surface area contributed by atoms with Crippen LogP contribution in [0.4, 0.5) is 13.2 Å². The number of fused-ring (bicyclic) bond motifs is 1. The van der Waals surface area contributed by atoms with Crippen molar-refractivity contribution in [3.63, 3.8) is 0 Å². The van der Waals surface area contributed by atoms with Crippen molar-refractivity contribution < 1.29 is 27.4 Å². The number of aromatic nitrogens is 5. The zero-order valence-corrected chi connectivity index (χ0v) is 23.2. The van der Waals surface area contributed by atoms with Gasteiger partial charge in [-0.2, -0.15) is 0 Å². The van der Waals surface area contributed by atoms with Gasteiger partial charge in [0.05, 0.1) is 28.7 Å². The number of piperidine rings is 1. The number of nitrogens with one attached hydrogen (secondary N) is 2. The summed E-state index contributed by atoms with van der Waals surface area (Å²) in [6.45, 7) is 1.55. The number of carbonyl (C=O) groups is 2. The van der Waals surface area contributed by atoms with Gasteiger partial charge in [0.25, 0.3) is 11.8 Å². The lowest BCUT2D eigenvalue weighted by atomic mass is 9.41. The Morgan fingerprint density at radius 1 is 1.07 bits per heavy atom. The van der Waals surface area contributed by atoms with Crippen LogP contribution in [0.15, 0.2) is 16.8 Å². The highest BCUT2D eigenvalue weighted by Crippen LogP contribution is 2.70. The quantitative estimate of drug-likeness (QED) is 0.392. The van der Waals surface area contributed by atoms with E-state index in [1.165, 1.54) is 4.90 Å². The van der Waals surface area contributed by atoms with Gasteiger partial charge in [0.2, 0.25) is 5.91 Å². The first kappa shape index (κ1) is 26.1. The number of alkyl halides is 3. The van der Waals surface area contributed by atoms with Crippen LogP contribution in [0.5, 0.6) is 0 Å². The lowest BCUT2D eigenvalue weighted by Crippen LogP contribution is -2.71. The molecule has 1 unspecified atom stereocenters. The van der Waals surface area contributed by atoms with E-state index in [-0.39, 0.29) is 43.3 Å². The molecular weight excluding hydrogens is 551 g/mol. The Kier molecular flexibility index (Phi) is 5.45. The molecule has 2 atom stereocenters. The summed E-state index contributed by atoms with van der Waals surface area (Å²) in [5, 5.41) is 10.6. The normalized spacial score (nSPS) is 30.6. The van der Waals surface area contributed by atoms with Crippen molar-refractivity contribution in [2.24, 2.45) is 23.2 Å². The SMILES string of the molecule is Cc1nonc1C(=O)NC(c1nc2nc([C@H]3CC(F)(F)CCN3C(=O)C34CC(F)(C3)C4)ccc2[nH]1)C(C1CC1)C1CC1. The highest BCUT2D eigenvalue weighted by Gasteiger charge is 2.74. The van der Waals surface area contributed by atoms with Gasteiger partial charge in [0.1, 0.15) is 17.2 Å². The first-order chi connectivity index (χ1) is 20.0. The van der Waals surface area contributed by atoms with Crippen LogP contribution in [0.2, 0.25) is 0 Å². The monoisotopic (exact) mass is 583 g/mol. The minimum Gasteiger partial charge on any atom is -0.340 e. The molecule has 9 rings (SSSR count). The lowest BCUT2D eigenvalue weighted by Gasteiger charge is -2.65. The maximum Gasteiger partial charge on any atom is 0.276 e. The smallest absolute Gasteiger partial charge is 0.276 e. The van der Waals surface area contributed by atoms with Gasteiger partial charge in [-0.1, -0.05) is 5.16 Å².